The van der Waals surface area contributed by atoms with Crippen LogP contribution in [0.1, 0.15) is 76.7 Å². The van der Waals surface area contributed by atoms with Crippen molar-refractivity contribution < 1.29 is 4.43 Å². The standard InChI is InChI=1S/C26H38Br2OSi/c1-18(2)30(19(3)4,20(5)6)29-25(22-13-9-8-10-14-22)16-23(17-27)24-15-11-12-21(7)26(24)28/h8-15,18-20,23,25H,16-17H2,1-7H3/t23?,25-/m0/s1. The molecule has 2 atom stereocenters. The van der Waals surface area contributed by atoms with E-state index < -0.39 is 8.32 Å². The first kappa shape index (κ1) is 25.8. The first-order valence-electron chi connectivity index (χ1n) is 11.2. The van der Waals surface area contributed by atoms with Gasteiger partial charge >= 0.3 is 0 Å². The minimum absolute atomic E-state index is 0.0972. The molecule has 0 aromatic heterocycles. The molecule has 0 saturated carbocycles. The molecule has 0 aliphatic heterocycles. The van der Waals surface area contributed by atoms with E-state index in [4.69, 9.17) is 4.43 Å². The van der Waals surface area contributed by atoms with Crippen LogP contribution >= 0.6 is 31.9 Å². The first-order valence-corrected chi connectivity index (χ1v) is 15.2. The molecule has 0 radical (unpaired) electrons. The van der Waals surface area contributed by atoms with Gasteiger partial charge in [0.2, 0.25) is 8.32 Å². The molecule has 1 nitrogen and oxygen atoms in total. The van der Waals surface area contributed by atoms with E-state index in [2.05, 4.69) is 129 Å². The summed E-state index contributed by atoms with van der Waals surface area (Å²) in [4.78, 5) is 0. The van der Waals surface area contributed by atoms with E-state index in [9.17, 15) is 0 Å². The second-order valence-electron chi connectivity index (χ2n) is 9.40. The van der Waals surface area contributed by atoms with Crippen LogP contribution in [0.4, 0.5) is 0 Å². The van der Waals surface area contributed by atoms with E-state index in [0.29, 0.717) is 22.5 Å². The molecule has 1 unspecified atom stereocenters. The summed E-state index contributed by atoms with van der Waals surface area (Å²) in [6.45, 7) is 16.4. The molecule has 0 saturated heterocycles. The molecule has 2 aromatic carbocycles. The van der Waals surface area contributed by atoms with Crippen molar-refractivity contribution in [1.82, 2.24) is 0 Å². The number of benzene rings is 2. The molecule has 2 rings (SSSR count). The molecule has 2 aromatic rings. The quantitative estimate of drug-likeness (QED) is 0.210. The summed E-state index contributed by atoms with van der Waals surface area (Å²) < 4.78 is 8.56. The maximum absolute atomic E-state index is 7.34. The molecule has 166 valence electrons. The van der Waals surface area contributed by atoms with Crippen molar-refractivity contribution in [3.05, 3.63) is 69.7 Å². The lowest BCUT2D eigenvalue weighted by Crippen LogP contribution is -2.48. The van der Waals surface area contributed by atoms with Crippen LogP contribution in [0.5, 0.6) is 0 Å². The van der Waals surface area contributed by atoms with E-state index >= 15 is 0 Å². The first-order chi connectivity index (χ1) is 14.1. The topological polar surface area (TPSA) is 9.23 Å². The highest BCUT2D eigenvalue weighted by Gasteiger charge is 2.47. The van der Waals surface area contributed by atoms with E-state index in [1.807, 2.05) is 0 Å². The largest absolute Gasteiger partial charge is 0.409 e. The van der Waals surface area contributed by atoms with Crippen molar-refractivity contribution in [2.24, 2.45) is 0 Å². The molecule has 30 heavy (non-hydrogen) atoms. The van der Waals surface area contributed by atoms with E-state index in [-0.39, 0.29) is 6.10 Å². The average molecular weight is 554 g/mol. The van der Waals surface area contributed by atoms with Crippen molar-refractivity contribution >= 4 is 40.2 Å². The Morgan fingerprint density at radius 2 is 1.40 bits per heavy atom. The number of hydrogen-bond donors (Lipinski definition) is 0. The van der Waals surface area contributed by atoms with Gasteiger partial charge in [-0.3, -0.25) is 0 Å². The highest BCUT2D eigenvalue weighted by Crippen LogP contribution is 2.47. The summed E-state index contributed by atoms with van der Waals surface area (Å²) >= 11 is 7.66. The molecule has 0 fully saturated rings. The average Bonchev–Trinajstić information content (AvgIpc) is 2.70. The summed E-state index contributed by atoms with van der Waals surface area (Å²) in [6, 6.07) is 17.4. The van der Waals surface area contributed by atoms with Crippen molar-refractivity contribution in [2.45, 2.75) is 83.5 Å². The predicted molar refractivity (Wildman–Crippen MR) is 141 cm³/mol. The van der Waals surface area contributed by atoms with Crippen LogP contribution in [-0.2, 0) is 4.43 Å². The minimum atomic E-state index is -2.01. The van der Waals surface area contributed by atoms with Crippen LogP contribution in [0.25, 0.3) is 0 Å². The lowest BCUT2D eigenvalue weighted by atomic mass is 9.91. The fraction of sp³-hybridized carbons (Fsp3) is 0.538. The Morgan fingerprint density at radius 3 is 1.90 bits per heavy atom. The number of halogens is 2. The van der Waals surface area contributed by atoms with Crippen LogP contribution in [0.3, 0.4) is 0 Å². The SMILES string of the molecule is Cc1cccc(C(CBr)C[C@H](O[Si](C(C)C)(C(C)C)C(C)C)c2ccccc2)c1Br. The van der Waals surface area contributed by atoms with Crippen LogP contribution in [0.15, 0.2) is 53.0 Å². The van der Waals surface area contributed by atoms with Gasteiger partial charge in [-0.1, -0.05) is 122 Å². The molecule has 0 aliphatic rings. The third kappa shape index (κ3) is 5.68. The normalized spacial score (nSPS) is 14.5. The van der Waals surface area contributed by atoms with E-state index in [0.717, 1.165) is 11.8 Å². The molecule has 0 spiro atoms. The molecule has 0 bridgehead atoms. The summed E-state index contributed by atoms with van der Waals surface area (Å²) in [6.07, 6.45) is 1.07. The second-order valence-corrected chi connectivity index (χ2v) is 16.2. The summed E-state index contributed by atoms with van der Waals surface area (Å²) in [5.74, 6) is 0.377. The third-order valence-electron chi connectivity index (χ3n) is 6.57. The van der Waals surface area contributed by atoms with Gasteiger partial charge in [0.1, 0.15) is 0 Å². The third-order valence-corrected chi connectivity index (χ3v) is 14.5. The van der Waals surface area contributed by atoms with Gasteiger partial charge in [0.25, 0.3) is 0 Å². The molecule has 0 aliphatic carbocycles. The summed E-state index contributed by atoms with van der Waals surface area (Å²) in [7, 11) is -2.01. The lowest BCUT2D eigenvalue weighted by Gasteiger charge is -2.45. The monoisotopic (exact) mass is 552 g/mol. The van der Waals surface area contributed by atoms with E-state index in [1.54, 1.807) is 0 Å². The van der Waals surface area contributed by atoms with Crippen molar-refractivity contribution in [1.29, 1.82) is 0 Å². The smallest absolute Gasteiger partial charge is 0.201 e. The number of rotatable bonds is 10. The minimum Gasteiger partial charge on any atom is -0.409 e. The molecular formula is C26H38Br2OSi. The zero-order chi connectivity index (χ0) is 22.5. The summed E-state index contributed by atoms with van der Waals surface area (Å²) in [5.41, 5.74) is 5.64. The van der Waals surface area contributed by atoms with E-state index in [1.165, 1.54) is 21.2 Å². The Bertz CT molecular complexity index is 767. The van der Waals surface area contributed by atoms with Gasteiger partial charge < -0.3 is 4.43 Å². The fourth-order valence-electron chi connectivity index (χ4n) is 5.09. The van der Waals surface area contributed by atoms with Crippen LogP contribution in [0.2, 0.25) is 16.6 Å². The maximum atomic E-state index is 7.34. The number of alkyl halides is 1. The zero-order valence-electron chi connectivity index (χ0n) is 19.6. The van der Waals surface area contributed by atoms with Gasteiger partial charge in [-0.05, 0) is 52.6 Å². The predicted octanol–water partition coefficient (Wildman–Crippen LogP) is 9.56. The van der Waals surface area contributed by atoms with Crippen LogP contribution < -0.4 is 0 Å². The maximum Gasteiger partial charge on any atom is 0.201 e. The highest BCUT2D eigenvalue weighted by atomic mass is 79.9. The van der Waals surface area contributed by atoms with Gasteiger partial charge in [0.05, 0.1) is 6.10 Å². The van der Waals surface area contributed by atoms with Crippen LogP contribution in [0, 0.1) is 6.92 Å². The van der Waals surface area contributed by atoms with Gasteiger partial charge in [0.15, 0.2) is 0 Å². The Hall–Kier alpha value is -0.423. The highest BCUT2D eigenvalue weighted by molar-refractivity contribution is 9.10. The number of aryl methyl sites for hydroxylation is 1. The van der Waals surface area contributed by atoms with Crippen molar-refractivity contribution in [3.8, 4) is 0 Å². The molecular weight excluding hydrogens is 516 g/mol. The molecule has 0 N–H and O–H groups in total. The lowest BCUT2D eigenvalue weighted by molar-refractivity contribution is 0.159. The van der Waals surface area contributed by atoms with Gasteiger partial charge in [0, 0.05) is 9.80 Å². The molecule has 0 heterocycles. The van der Waals surface area contributed by atoms with Gasteiger partial charge in [-0.15, -0.1) is 0 Å². The van der Waals surface area contributed by atoms with Gasteiger partial charge in [-0.25, -0.2) is 0 Å². The molecule has 4 heteroatoms. The van der Waals surface area contributed by atoms with Crippen molar-refractivity contribution in [3.63, 3.8) is 0 Å². The Labute approximate surface area is 202 Å². The van der Waals surface area contributed by atoms with Crippen molar-refractivity contribution in [2.75, 3.05) is 5.33 Å². The van der Waals surface area contributed by atoms with Crippen LogP contribution in [-0.4, -0.2) is 13.6 Å². The summed E-state index contributed by atoms with van der Waals surface area (Å²) in [5, 5.41) is 0.918. The zero-order valence-corrected chi connectivity index (χ0v) is 23.8. The second kappa shape index (κ2) is 11.4. The Morgan fingerprint density at radius 1 is 0.833 bits per heavy atom. The van der Waals surface area contributed by atoms with Gasteiger partial charge in [-0.2, -0.15) is 0 Å². The Kier molecular flexibility index (Phi) is 9.86. The number of hydrogen-bond acceptors (Lipinski definition) is 1. The molecule has 0 amide bonds. The Balaban J connectivity index is 2.49. The fourth-order valence-corrected chi connectivity index (χ4v) is 11.8.